The number of hydrogen-bond donors (Lipinski definition) is 2. The van der Waals surface area contributed by atoms with Crippen LogP contribution in [-0.4, -0.2) is 63.2 Å². The van der Waals surface area contributed by atoms with Crippen molar-refractivity contribution in [2.24, 2.45) is 4.99 Å². The van der Waals surface area contributed by atoms with Crippen molar-refractivity contribution in [3.8, 4) is 12.3 Å². The average Bonchev–Trinajstić information content (AvgIpc) is 2.90. The van der Waals surface area contributed by atoms with Gasteiger partial charge in [0.25, 0.3) is 0 Å². The summed E-state index contributed by atoms with van der Waals surface area (Å²) in [5.41, 5.74) is 0. The van der Waals surface area contributed by atoms with Gasteiger partial charge in [-0.25, -0.2) is 4.99 Å². The third kappa shape index (κ3) is 6.11. The van der Waals surface area contributed by atoms with E-state index in [1.807, 2.05) is 0 Å². The van der Waals surface area contributed by atoms with Gasteiger partial charge < -0.3 is 20.3 Å². The molecule has 6 nitrogen and oxygen atoms in total. The second kappa shape index (κ2) is 8.38. The van der Waals surface area contributed by atoms with E-state index in [9.17, 15) is 4.79 Å². The zero-order valence-electron chi connectivity index (χ0n) is 11.6. The van der Waals surface area contributed by atoms with Crippen molar-refractivity contribution in [3.63, 3.8) is 0 Å². The van der Waals surface area contributed by atoms with Crippen molar-refractivity contribution in [1.29, 1.82) is 0 Å². The van der Waals surface area contributed by atoms with Crippen LogP contribution >= 0.6 is 0 Å². The van der Waals surface area contributed by atoms with Crippen LogP contribution in [0.2, 0.25) is 0 Å². The molecule has 1 amide bonds. The molecule has 1 fully saturated rings. The highest BCUT2D eigenvalue weighted by atomic mass is 16.5. The Morgan fingerprint density at radius 1 is 1.53 bits per heavy atom. The van der Waals surface area contributed by atoms with Gasteiger partial charge in [0.1, 0.15) is 6.54 Å². The lowest BCUT2D eigenvalue weighted by atomic mass is 10.2. The SMILES string of the molecule is C#CCNC(=NCC(=O)N(C)C)NCC1CCCO1. The minimum atomic E-state index is -0.0566. The number of carbonyl (C=O) groups is 1. The molecule has 0 bridgehead atoms. The number of rotatable bonds is 5. The monoisotopic (exact) mass is 266 g/mol. The van der Waals surface area contributed by atoms with Crippen molar-refractivity contribution in [2.45, 2.75) is 18.9 Å². The number of aliphatic imine (C=N–C) groups is 1. The Labute approximate surface area is 114 Å². The summed E-state index contributed by atoms with van der Waals surface area (Å²) in [5.74, 6) is 2.97. The maximum Gasteiger partial charge on any atom is 0.243 e. The Morgan fingerprint density at radius 3 is 2.89 bits per heavy atom. The summed E-state index contributed by atoms with van der Waals surface area (Å²) >= 11 is 0. The smallest absolute Gasteiger partial charge is 0.243 e. The Morgan fingerprint density at radius 2 is 2.32 bits per heavy atom. The molecule has 0 aromatic rings. The van der Waals surface area contributed by atoms with Crippen LogP contribution in [0.25, 0.3) is 0 Å². The fourth-order valence-corrected chi connectivity index (χ4v) is 1.61. The van der Waals surface area contributed by atoms with Crippen LogP contribution in [-0.2, 0) is 9.53 Å². The largest absolute Gasteiger partial charge is 0.376 e. The predicted octanol–water partition coefficient (Wildman–Crippen LogP) is -0.578. The number of guanidine groups is 1. The number of hydrogen-bond acceptors (Lipinski definition) is 3. The molecule has 2 N–H and O–H groups in total. The summed E-state index contributed by atoms with van der Waals surface area (Å²) in [4.78, 5) is 17.2. The molecule has 0 aliphatic carbocycles. The van der Waals surface area contributed by atoms with Gasteiger partial charge in [-0.2, -0.15) is 0 Å². The molecule has 1 aliphatic rings. The van der Waals surface area contributed by atoms with Crippen molar-refractivity contribution >= 4 is 11.9 Å². The van der Waals surface area contributed by atoms with Crippen LogP contribution < -0.4 is 10.6 Å². The fraction of sp³-hybridized carbons (Fsp3) is 0.692. The summed E-state index contributed by atoms with van der Waals surface area (Å²) < 4.78 is 5.51. The normalized spacial score (nSPS) is 18.8. The summed E-state index contributed by atoms with van der Waals surface area (Å²) in [6, 6.07) is 0. The summed E-state index contributed by atoms with van der Waals surface area (Å²) in [6.07, 6.45) is 7.56. The van der Waals surface area contributed by atoms with Gasteiger partial charge in [0.2, 0.25) is 5.91 Å². The molecule has 0 saturated carbocycles. The standard InChI is InChI=1S/C13H22N4O2/c1-4-7-14-13(16-10-12(18)17(2)3)15-9-11-6-5-8-19-11/h1,11H,5-10H2,2-3H3,(H2,14,15,16). The first-order chi connectivity index (χ1) is 9.13. The molecule has 1 saturated heterocycles. The van der Waals surface area contributed by atoms with Gasteiger partial charge in [-0.05, 0) is 12.8 Å². The van der Waals surface area contributed by atoms with E-state index < -0.39 is 0 Å². The van der Waals surface area contributed by atoms with E-state index in [2.05, 4.69) is 21.5 Å². The van der Waals surface area contributed by atoms with Gasteiger partial charge in [-0.3, -0.25) is 4.79 Å². The zero-order chi connectivity index (χ0) is 14.1. The van der Waals surface area contributed by atoms with Crippen LogP contribution in [0.4, 0.5) is 0 Å². The maximum atomic E-state index is 11.5. The Balaban J connectivity index is 2.42. The Hall–Kier alpha value is -1.74. The molecule has 19 heavy (non-hydrogen) atoms. The number of ether oxygens (including phenoxy) is 1. The molecule has 106 valence electrons. The molecular formula is C13H22N4O2. The van der Waals surface area contributed by atoms with E-state index in [1.165, 1.54) is 4.90 Å². The van der Waals surface area contributed by atoms with E-state index >= 15 is 0 Å². The number of amides is 1. The van der Waals surface area contributed by atoms with Gasteiger partial charge in [0.05, 0.1) is 12.6 Å². The molecule has 1 aliphatic heterocycles. The highest BCUT2D eigenvalue weighted by Crippen LogP contribution is 2.10. The highest BCUT2D eigenvalue weighted by molar-refractivity contribution is 5.84. The maximum absolute atomic E-state index is 11.5. The predicted molar refractivity (Wildman–Crippen MR) is 74.8 cm³/mol. The van der Waals surface area contributed by atoms with E-state index in [4.69, 9.17) is 11.2 Å². The van der Waals surface area contributed by atoms with E-state index in [1.54, 1.807) is 14.1 Å². The topological polar surface area (TPSA) is 66.0 Å². The first kappa shape index (κ1) is 15.3. The first-order valence-electron chi connectivity index (χ1n) is 6.41. The van der Waals surface area contributed by atoms with Crippen molar-refractivity contribution in [2.75, 3.05) is 40.3 Å². The second-order valence-electron chi connectivity index (χ2n) is 4.53. The fourth-order valence-electron chi connectivity index (χ4n) is 1.61. The average molecular weight is 266 g/mol. The highest BCUT2D eigenvalue weighted by Gasteiger charge is 2.15. The molecule has 1 atom stereocenters. The van der Waals surface area contributed by atoms with Crippen LogP contribution in [0.3, 0.4) is 0 Å². The lowest BCUT2D eigenvalue weighted by Crippen LogP contribution is -2.42. The molecular weight excluding hydrogens is 244 g/mol. The Kier molecular flexibility index (Phi) is 6.75. The third-order valence-electron chi connectivity index (χ3n) is 2.75. The van der Waals surface area contributed by atoms with Gasteiger partial charge in [-0.1, -0.05) is 5.92 Å². The summed E-state index contributed by atoms with van der Waals surface area (Å²) in [5, 5.41) is 6.10. The number of carbonyl (C=O) groups excluding carboxylic acids is 1. The summed E-state index contributed by atoms with van der Waals surface area (Å²) in [6.45, 7) is 1.95. The molecule has 0 aromatic carbocycles. The van der Waals surface area contributed by atoms with E-state index in [0.29, 0.717) is 19.0 Å². The van der Waals surface area contributed by atoms with Crippen LogP contribution in [0.1, 0.15) is 12.8 Å². The molecule has 0 radical (unpaired) electrons. The molecule has 0 spiro atoms. The van der Waals surface area contributed by atoms with Gasteiger partial charge >= 0.3 is 0 Å². The lowest BCUT2D eigenvalue weighted by molar-refractivity contribution is -0.127. The van der Waals surface area contributed by atoms with Gasteiger partial charge in [0, 0.05) is 27.2 Å². The zero-order valence-corrected chi connectivity index (χ0v) is 11.6. The van der Waals surface area contributed by atoms with Crippen molar-refractivity contribution < 1.29 is 9.53 Å². The van der Waals surface area contributed by atoms with Crippen LogP contribution in [0.5, 0.6) is 0 Å². The number of likely N-dealkylation sites (N-methyl/N-ethyl adjacent to an activating group) is 1. The van der Waals surface area contributed by atoms with E-state index in [-0.39, 0.29) is 18.6 Å². The number of nitrogens with zero attached hydrogens (tertiary/aromatic N) is 2. The summed E-state index contributed by atoms with van der Waals surface area (Å²) in [7, 11) is 3.40. The lowest BCUT2D eigenvalue weighted by Gasteiger charge is -2.15. The van der Waals surface area contributed by atoms with Crippen LogP contribution in [0, 0.1) is 12.3 Å². The van der Waals surface area contributed by atoms with Crippen LogP contribution in [0.15, 0.2) is 4.99 Å². The third-order valence-corrected chi connectivity index (χ3v) is 2.75. The quantitative estimate of drug-likeness (QED) is 0.397. The Bertz CT molecular complexity index is 354. The van der Waals surface area contributed by atoms with Gasteiger partial charge in [0.15, 0.2) is 5.96 Å². The second-order valence-corrected chi connectivity index (χ2v) is 4.53. The molecule has 0 aromatic heterocycles. The molecule has 1 rings (SSSR count). The van der Waals surface area contributed by atoms with E-state index in [0.717, 1.165) is 19.4 Å². The van der Waals surface area contributed by atoms with Crippen molar-refractivity contribution in [1.82, 2.24) is 15.5 Å². The van der Waals surface area contributed by atoms with Gasteiger partial charge in [-0.15, -0.1) is 6.42 Å². The number of terminal acetylenes is 1. The first-order valence-corrected chi connectivity index (χ1v) is 6.41. The molecule has 6 heteroatoms. The van der Waals surface area contributed by atoms with Crippen molar-refractivity contribution in [3.05, 3.63) is 0 Å². The molecule has 1 heterocycles. The minimum absolute atomic E-state index is 0.0566. The molecule has 1 unspecified atom stereocenters. The minimum Gasteiger partial charge on any atom is -0.376 e. The number of nitrogens with one attached hydrogen (secondary N) is 2.